The van der Waals surface area contributed by atoms with Gasteiger partial charge in [0.25, 0.3) is 0 Å². The van der Waals surface area contributed by atoms with Gasteiger partial charge >= 0.3 is 18.4 Å². The molecule has 1 N–H and O–H groups in total. The number of hydrogen-bond acceptors (Lipinski definition) is 1. The van der Waals surface area contributed by atoms with Crippen molar-refractivity contribution >= 4 is 6.03 Å². The Bertz CT molecular complexity index is 619. The van der Waals surface area contributed by atoms with E-state index in [1.807, 2.05) is 0 Å². The smallest absolute Gasteiger partial charge is 0.332 e. The summed E-state index contributed by atoms with van der Waals surface area (Å²) in [5, 5.41) is 2.57. The van der Waals surface area contributed by atoms with Crippen LogP contribution < -0.4 is 5.32 Å². The normalized spacial score (nSPS) is 31.2. The van der Waals surface area contributed by atoms with Gasteiger partial charge in [-0.05, 0) is 33.3 Å². The largest absolute Gasteiger partial charge is 0.416 e. The summed E-state index contributed by atoms with van der Waals surface area (Å²) in [6.07, 6.45) is -9.43. The van der Waals surface area contributed by atoms with E-state index < -0.39 is 53.4 Å². The molecule has 2 aliphatic rings. The molecule has 3 nitrogen and oxygen atoms in total. The third kappa shape index (κ3) is 3.64. The lowest BCUT2D eigenvalue weighted by atomic mass is 9.70. The van der Waals surface area contributed by atoms with Crippen LogP contribution in [0.4, 0.5) is 31.1 Å². The van der Waals surface area contributed by atoms with Crippen molar-refractivity contribution in [1.82, 2.24) is 10.2 Å². The predicted octanol–water partition coefficient (Wildman–Crippen LogP) is 4.56. The molecule has 9 heteroatoms. The van der Waals surface area contributed by atoms with Gasteiger partial charge in [-0.15, -0.1) is 0 Å². The highest BCUT2D eigenvalue weighted by molar-refractivity contribution is 5.78. The molecule has 0 radical (unpaired) electrons. The number of urea groups is 1. The van der Waals surface area contributed by atoms with Gasteiger partial charge in [0.05, 0.1) is 17.7 Å². The second-order valence-electron chi connectivity index (χ2n) is 7.12. The molecule has 0 bridgehead atoms. The second kappa shape index (κ2) is 5.95. The van der Waals surface area contributed by atoms with E-state index in [0.717, 1.165) is 6.08 Å². The average molecular weight is 370 g/mol. The van der Waals surface area contributed by atoms with Crippen molar-refractivity contribution in [3.8, 4) is 0 Å². The molecule has 1 fully saturated rings. The minimum atomic E-state index is -4.90. The Morgan fingerprint density at radius 1 is 1.20 bits per heavy atom. The van der Waals surface area contributed by atoms with Crippen LogP contribution in [0, 0.1) is 5.41 Å². The maximum atomic E-state index is 13.2. The molecule has 1 aliphatic heterocycles. The Kier molecular flexibility index (Phi) is 4.68. The lowest BCUT2D eigenvalue weighted by molar-refractivity contribution is -0.103. The molecule has 0 spiro atoms. The SMILES string of the molecule is CC(C)N1C(=O)N[C@H](C2(C)C=C(C(F)(F)F)C=C(C(F)(F)F)C2)[C@@H]1C. The first-order chi connectivity index (χ1) is 11.2. The molecule has 2 amide bonds. The summed E-state index contributed by atoms with van der Waals surface area (Å²) in [6, 6.07) is -2.13. The van der Waals surface area contributed by atoms with Gasteiger partial charge in [-0.3, -0.25) is 0 Å². The summed E-state index contributed by atoms with van der Waals surface area (Å²) in [7, 11) is 0. The van der Waals surface area contributed by atoms with E-state index in [0.29, 0.717) is 0 Å². The van der Waals surface area contributed by atoms with Crippen molar-refractivity contribution in [2.75, 3.05) is 0 Å². The lowest BCUT2D eigenvalue weighted by Gasteiger charge is -2.40. The van der Waals surface area contributed by atoms with Gasteiger partial charge < -0.3 is 10.2 Å². The van der Waals surface area contributed by atoms with Crippen molar-refractivity contribution in [2.45, 2.75) is 64.6 Å². The average Bonchev–Trinajstić information content (AvgIpc) is 2.72. The summed E-state index contributed by atoms with van der Waals surface area (Å²) in [6.45, 7) is 6.42. The molecule has 1 aliphatic carbocycles. The zero-order valence-corrected chi connectivity index (χ0v) is 14.2. The van der Waals surface area contributed by atoms with Gasteiger partial charge in [0.2, 0.25) is 0 Å². The van der Waals surface area contributed by atoms with E-state index in [2.05, 4.69) is 5.32 Å². The summed E-state index contributed by atoms with van der Waals surface area (Å²) in [5.41, 5.74) is -4.09. The second-order valence-corrected chi connectivity index (χ2v) is 7.12. The third-order valence-corrected chi connectivity index (χ3v) is 4.78. The molecule has 142 valence electrons. The lowest BCUT2D eigenvalue weighted by Crippen LogP contribution is -2.48. The fourth-order valence-electron chi connectivity index (χ4n) is 3.74. The first-order valence-electron chi connectivity index (χ1n) is 7.83. The monoisotopic (exact) mass is 370 g/mol. The first-order valence-corrected chi connectivity index (χ1v) is 7.83. The van der Waals surface area contributed by atoms with Gasteiger partial charge in [0.15, 0.2) is 0 Å². The molecule has 1 unspecified atom stereocenters. The van der Waals surface area contributed by atoms with Crippen molar-refractivity contribution in [2.24, 2.45) is 5.41 Å². The minimum absolute atomic E-state index is 0.156. The topological polar surface area (TPSA) is 32.3 Å². The molecular formula is C16H20F6N2O. The quantitative estimate of drug-likeness (QED) is 0.710. The van der Waals surface area contributed by atoms with Crippen molar-refractivity contribution < 1.29 is 31.1 Å². The molecule has 0 aromatic rings. The van der Waals surface area contributed by atoms with Gasteiger partial charge in [0, 0.05) is 17.0 Å². The highest BCUT2D eigenvalue weighted by Gasteiger charge is 2.52. The molecule has 0 saturated carbocycles. The van der Waals surface area contributed by atoms with Crippen LogP contribution >= 0.6 is 0 Å². The Morgan fingerprint density at radius 3 is 2.16 bits per heavy atom. The Balaban J connectivity index is 2.48. The molecule has 1 saturated heterocycles. The maximum absolute atomic E-state index is 13.2. The first kappa shape index (κ1) is 19.7. The molecule has 2 rings (SSSR count). The number of nitrogens with one attached hydrogen (secondary N) is 1. The Hall–Kier alpha value is -1.67. The number of halogens is 6. The zero-order valence-electron chi connectivity index (χ0n) is 14.2. The van der Waals surface area contributed by atoms with E-state index in [-0.39, 0.29) is 12.1 Å². The van der Waals surface area contributed by atoms with Crippen molar-refractivity contribution in [3.05, 3.63) is 23.3 Å². The molecule has 25 heavy (non-hydrogen) atoms. The fourth-order valence-corrected chi connectivity index (χ4v) is 3.74. The van der Waals surface area contributed by atoms with E-state index in [4.69, 9.17) is 0 Å². The van der Waals surface area contributed by atoms with Crippen LogP contribution in [-0.4, -0.2) is 41.4 Å². The van der Waals surface area contributed by atoms with Gasteiger partial charge in [-0.1, -0.05) is 13.0 Å². The number of allylic oxidation sites excluding steroid dienone is 3. The summed E-state index contributed by atoms with van der Waals surface area (Å²) < 4.78 is 78.9. The minimum Gasteiger partial charge on any atom is -0.332 e. The van der Waals surface area contributed by atoms with Crippen LogP contribution in [-0.2, 0) is 0 Å². The zero-order chi connectivity index (χ0) is 19.4. The Morgan fingerprint density at radius 2 is 1.76 bits per heavy atom. The van der Waals surface area contributed by atoms with Crippen LogP contribution in [0.5, 0.6) is 0 Å². The number of carbonyl (C=O) groups excluding carboxylic acids is 1. The fraction of sp³-hybridized carbons (Fsp3) is 0.688. The van der Waals surface area contributed by atoms with Crippen molar-refractivity contribution in [3.63, 3.8) is 0 Å². The molecule has 0 aromatic heterocycles. The number of carbonyl (C=O) groups is 1. The van der Waals surface area contributed by atoms with E-state index in [1.165, 1.54) is 11.8 Å². The molecular weight excluding hydrogens is 350 g/mol. The third-order valence-electron chi connectivity index (χ3n) is 4.78. The maximum Gasteiger partial charge on any atom is 0.416 e. The number of hydrogen-bond donors (Lipinski definition) is 1. The Labute approximate surface area is 141 Å². The summed E-state index contributed by atoms with van der Waals surface area (Å²) in [5.74, 6) is 0. The standard InChI is InChI=1S/C16H20F6N2O/c1-8(2)24-9(3)12(23-13(24)25)14(4)6-10(15(17,18)19)5-11(7-14)16(20,21)22/h5-6,8-9,12H,7H2,1-4H3,(H,23,25)/t9-,12-,14?/m0/s1. The predicted molar refractivity (Wildman–Crippen MR) is 79.8 cm³/mol. The van der Waals surface area contributed by atoms with Crippen molar-refractivity contribution in [1.29, 1.82) is 0 Å². The van der Waals surface area contributed by atoms with Gasteiger partial charge in [-0.25, -0.2) is 4.79 Å². The number of nitrogens with zero attached hydrogens (tertiary/aromatic N) is 1. The van der Waals surface area contributed by atoms with Crippen LogP contribution in [0.25, 0.3) is 0 Å². The highest BCUT2D eigenvalue weighted by Crippen LogP contribution is 2.48. The highest BCUT2D eigenvalue weighted by atomic mass is 19.4. The van der Waals surface area contributed by atoms with E-state index in [9.17, 15) is 31.1 Å². The molecule has 1 heterocycles. The van der Waals surface area contributed by atoms with E-state index >= 15 is 0 Å². The molecule has 3 atom stereocenters. The van der Waals surface area contributed by atoms with Gasteiger partial charge in [-0.2, -0.15) is 26.3 Å². The van der Waals surface area contributed by atoms with Crippen LogP contribution in [0.1, 0.15) is 34.1 Å². The number of rotatable bonds is 2. The van der Waals surface area contributed by atoms with E-state index in [1.54, 1.807) is 20.8 Å². The molecule has 0 aromatic carbocycles. The van der Waals surface area contributed by atoms with Gasteiger partial charge in [0.1, 0.15) is 0 Å². The number of alkyl halides is 6. The van der Waals surface area contributed by atoms with Crippen LogP contribution in [0.2, 0.25) is 0 Å². The summed E-state index contributed by atoms with van der Waals surface area (Å²) in [4.78, 5) is 13.5. The summed E-state index contributed by atoms with van der Waals surface area (Å²) >= 11 is 0. The van der Waals surface area contributed by atoms with Crippen LogP contribution in [0.15, 0.2) is 23.3 Å². The number of amides is 2. The van der Waals surface area contributed by atoms with Crippen LogP contribution in [0.3, 0.4) is 0 Å².